The van der Waals surface area contributed by atoms with Crippen LogP contribution in [0.15, 0.2) is 29.6 Å². The molecule has 2 heterocycles. The van der Waals surface area contributed by atoms with Crippen molar-refractivity contribution in [2.75, 3.05) is 5.32 Å². The molecule has 4 nitrogen and oxygen atoms in total. The highest BCUT2D eigenvalue weighted by molar-refractivity contribution is 7.22. The Kier molecular flexibility index (Phi) is 3.95. The van der Waals surface area contributed by atoms with Crippen molar-refractivity contribution in [3.05, 3.63) is 40.3 Å². The molecule has 3 rings (SSSR count). The molecule has 0 unspecified atom stereocenters. The molecule has 0 spiro atoms. The average molecular weight is 324 g/mol. The molecule has 0 radical (unpaired) electrons. The average Bonchev–Trinajstić information content (AvgIpc) is 3.04. The molecule has 1 amide bonds. The zero-order chi connectivity index (χ0) is 13.9. The SMILES string of the molecule is O=C(Cc1nc(CCl)cs1)Nc1nc2ccccc2s1. The monoisotopic (exact) mass is 323 g/mol. The Hall–Kier alpha value is -1.50. The number of nitrogens with zero attached hydrogens (tertiary/aromatic N) is 2. The first-order valence-corrected chi connectivity index (χ1v) is 8.12. The van der Waals surface area contributed by atoms with Gasteiger partial charge in [0, 0.05) is 5.38 Å². The molecule has 2 aromatic heterocycles. The normalized spacial score (nSPS) is 10.8. The van der Waals surface area contributed by atoms with Gasteiger partial charge in [-0.05, 0) is 12.1 Å². The van der Waals surface area contributed by atoms with Crippen molar-refractivity contribution in [1.82, 2.24) is 9.97 Å². The van der Waals surface area contributed by atoms with E-state index in [1.54, 1.807) is 0 Å². The highest BCUT2D eigenvalue weighted by Crippen LogP contribution is 2.25. The summed E-state index contributed by atoms with van der Waals surface area (Å²) in [5, 5.41) is 6.06. The zero-order valence-electron chi connectivity index (χ0n) is 10.3. The number of thiazole rings is 2. The number of rotatable bonds is 4. The van der Waals surface area contributed by atoms with Crippen LogP contribution < -0.4 is 5.32 Å². The quantitative estimate of drug-likeness (QED) is 0.745. The number of hydrogen-bond acceptors (Lipinski definition) is 5. The van der Waals surface area contributed by atoms with Crippen LogP contribution in [-0.2, 0) is 17.1 Å². The highest BCUT2D eigenvalue weighted by Gasteiger charge is 2.10. The molecule has 0 saturated carbocycles. The molecule has 0 bridgehead atoms. The Bertz CT molecular complexity index is 720. The molecule has 0 atom stereocenters. The Morgan fingerprint density at radius 1 is 1.30 bits per heavy atom. The Balaban J connectivity index is 1.69. The van der Waals surface area contributed by atoms with Crippen LogP contribution in [-0.4, -0.2) is 15.9 Å². The smallest absolute Gasteiger partial charge is 0.233 e. The molecule has 1 aromatic carbocycles. The first-order valence-electron chi connectivity index (χ1n) is 5.89. The Morgan fingerprint density at radius 3 is 2.90 bits per heavy atom. The van der Waals surface area contributed by atoms with Gasteiger partial charge in [-0.3, -0.25) is 4.79 Å². The van der Waals surface area contributed by atoms with Crippen molar-refractivity contribution < 1.29 is 4.79 Å². The van der Waals surface area contributed by atoms with Crippen molar-refractivity contribution in [2.24, 2.45) is 0 Å². The molecule has 20 heavy (non-hydrogen) atoms. The molecule has 7 heteroatoms. The Labute approximate surface area is 128 Å². The van der Waals surface area contributed by atoms with Crippen LogP contribution in [0.5, 0.6) is 0 Å². The summed E-state index contributed by atoms with van der Waals surface area (Å²) in [5.74, 6) is 0.259. The zero-order valence-corrected chi connectivity index (χ0v) is 12.7. The van der Waals surface area contributed by atoms with Gasteiger partial charge in [-0.2, -0.15) is 0 Å². The molecular weight excluding hydrogens is 314 g/mol. The summed E-state index contributed by atoms with van der Waals surface area (Å²) in [6.07, 6.45) is 0.248. The standard InChI is InChI=1S/C13H10ClN3OS2/c14-6-8-7-19-12(15-8)5-11(18)17-13-16-9-3-1-2-4-10(9)20-13/h1-4,7H,5-6H2,(H,16,17,18). The lowest BCUT2D eigenvalue weighted by Gasteiger charge is -1.98. The van der Waals surface area contributed by atoms with Crippen LogP contribution in [0.1, 0.15) is 10.7 Å². The van der Waals surface area contributed by atoms with Crippen molar-refractivity contribution in [2.45, 2.75) is 12.3 Å². The lowest BCUT2D eigenvalue weighted by molar-refractivity contribution is -0.115. The van der Waals surface area contributed by atoms with Crippen LogP contribution in [0.25, 0.3) is 10.2 Å². The minimum absolute atomic E-state index is 0.112. The van der Waals surface area contributed by atoms with Gasteiger partial charge in [0.25, 0.3) is 0 Å². The number of alkyl halides is 1. The summed E-state index contributed by atoms with van der Waals surface area (Å²) in [4.78, 5) is 20.6. The lowest BCUT2D eigenvalue weighted by Crippen LogP contribution is -2.14. The number of benzene rings is 1. The second kappa shape index (κ2) is 5.87. The highest BCUT2D eigenvalue weighted by atomic mass is 35.5. The molecule has 0 aliphatic heterocycles. The summed E-state index contributed by atoms with van der Waals surface area (Å²) >= 11 is 8.60. The first kappa shape index (κ1) is 13.5. The van der Waals surface area contributed by atoms with Crippen molar-refractivity contribution in [3.63, 3.8) is 0 Å². The van der Waals surface area contributed by atoms with Crippen molar-refractivity contribution in [1.29, 1.82) is 0 Å². The van der Waals surface area contributed by atoms with E-state index in [0.717, 1.165) is 20.9 Å². The number of amides is 1. The predicted molar refractivity (Wildman–Crippen MR) is 83.6 cm³/mol. The summed E-state index contributed by atoms with van der Waals surface area (Å²) in [6.45, 7) is 0. The Morgan fingerprint density at radius 2 is 2.15 bits per heavy atom. The van der Waals surface area contributed by atoms with Gasteiger partial charge in [-0.25, -0.2) is 9.97 Å². The topological polar surface area (TPSA) is 54.9 Å². The molecule has 0 fully saturated rings. The summed E-state index contributed by atoms with van der Waals surface area (Å²) < 4.78 is 1.06. The minimum atomic E-state index is -0.112. The van der Waals surface area contributed by atoms with Crippen LogP contribution in [0, 0.1) is 0 Å². The number of aromatic nitrogens is 2. The summed E-state index contributed by atoms with van der Waals surface area (Å²) in [5.41, 5.74) is 1.70. The maximum Gasteiger partial charge on any atom is 0.233 e. The van der Waals surface area contributed by atoms with E-state index in [-0.39, 0.29) is 12.3 Å². The fourth-order valence-corrected chi connectivity index (χ4v) is 3.62. The fourth-order valence-electron chi connectivity index (χ4n) is 1.72. The van der Waals surface area contributed by atoms with Gasteiger partial charge in [-0.15, -0.1) is 22.9 Å². The maximum atomic E-state index is 11.9. The fraction of sp³-hybridized carbons (Fsp3) is 0.154. The molecule has 102 valence electrons. The van der Waals surface area contributed by atoms with E-state index < -0.39 is 0 Å². The van der Waals surface area contributed by atoms with E-state index in [9.17, 15) is 4.79 Å². The van der Waals surface area contributed by atoms with E-state index in [1.165, 1.54) is 22.7 Å². The molecule has 0 aliphatic carbocycles. The second-order valence-corrected chi connectivity index (χ2v) is 6.32. The van der Waals surface area contributed by atoms with Gasteiger partial charge >= 0.3 is 0 Å². The molecule has 1 N–H and O–H groups in total. The first-order chi connectivity index (χ1) is 9.74. The van der Waals surface area contributed by atoms with E-state index in [4.69, 9.17) is 11.6 Å². The third-order valence-corrected chi connectivity index (χ3v) is 4.71. The van der Waals surface area contributed by atoms with Crippen molar-refractivity contribution >= 4 is 55.5 Å². The molecular formula is C13H10ClN3OS2. The number of halogens is 1. The van der Waals surface area contributed by atoms with Crippen LogP contribution >= 0.6 is 34.3 Å². The van der Waals surface area contributed by atoms with E-state index in [1.807, 2.05) is 29.6 Å². The lowest BCUT2D eigenvalue weighted by atomic mass is 10.3. The van der Waals surface area contributed by atoms with Crippen LogP contribution in [0.4, 0.5) is 5.13 Å². The van der Waals surface area contributed by atoms with Gasteiger partial charge < -0.3 is 5.32 Å². The number of nitrogens with one attached hydrogen (secondary N) is 1. The van der Waals surface area contributed by atoms with Gasteiger partial charge in [0.2, 0.25) is 5.91 Å². The third-order valence-electron chi connectivity index (χ3n) is 2.59. The number of carbonyl (C=O) groups is 1. The minimum Gasteiger partial charge on any atom is -0.302 e. The van der Waals surface area contributed by atoms with Gasteiger partial charge in [0.05, 0.1) is 28.2 Å². The van der Waals surface area contributed by atoms with Gasteiger partial charge in [-0.1, -0.05) is 23.5 Å². The number of anilines is 1. The van der Waals surface area contributed by atoms with Gasteiger partial charge in [0.15, 0.2) is 5.13 Å². The summed E-state index contributed by atoms with van der Waals surface area (Å²) in [6, 6.07) is 7.79. The van der Waals surface area contributed by atoms with E-state index in [2.05, 4.69) is 15.3 Å². The van der Waals surface area contributed by atoms with Crippen LogP contribution in [0.2, 0.25) is 0 Å². The van der Waals surface area contributed by atoms with E-state index >= 15 is 0 Å². The molecule has 0 saturated heterocycles. The summed E-state index contributed by atoms with van der Waals surface area (Å²) in [7, 11) is 0. The van der Waals surface area contributed by atoms with E-state index in [0.29, 0.717) is 11.0 Å². The number of fused-ring (bicyclic) bond motifs is 1. The predicted octanol–water partition coefficient (Wildman–Crippen LogP) is 3.67. The molecule has 3 aromatic rings. The third kappa shape index (κ3) is 2.98. The molecule has 0 aliphatic rings. The number of para-hydroxylation sites is 1. The number of carbonyl (C=O) groups excluding carboxylic acids is 1. The number of hydrogen-bond donors (Lipinski definition) is 1. The van der Waals surface area contributed by atoms with Crippen molar-refractivity contribution in [3.8, 4) is 0 Å². The second-order valence-electron chi connectivity index (χ2n) is 4.08. The van der Waals surface area contributed by atoms with Gasteiger partial charge in [0.1, 0.15) is 5.01 Å². The maximum absolute atomic E-state index is 11.9. The van der Waals surface area contributed by atoms with Crippen LogP contribution in [0.3, 0.4) is 0 Å². The largest absolute Gasteiger partial charge is 0.302 e.